The maximum atomic E-state index is 11.7. The van der Waals surface area contributed by atoms with Crippen LogP contribution in [0.5, 0.6) is 0 Å². The van der Waals surface area contributed by atoms with E-state index in [1.807, 2.05) is 13.8 Å². The fourth-order valence-corrected chi connectivity index (χ4v) is 1.75. The molecule has 2 rings (SSSR count). The minimum absolute atomic E-state index is 0.217. The number of hydrogen-bond donors (Lipinski definition) is 0. The van der Waals surface area contributed by atoms with Crippen molar-refractivity contribution in [3.05, 3.63) is 17.5 Å². The van der Waals surface area contributed by atoms with E-state index in [-0.39, 0.29) is 5.92 Å². The summed E-state index contributed by atoms with van der Waals surface area (Å²) in [7, 11) is 1.33. The molecule has 0 spiro atoms. The summed E-state index contributed by atoms with van der Waals surface area (Å²) in [6, 6.07) is 3.95. The molecule has 0 aromatic carbocycles. The van der Waals surface area contributed by atoms with E-state index in [0.29, 0.717) is 5.69 Å². The van der Waals surface area contributed by atoms with Crippen molar-refractivity contribution >= 4 is 5.97 Å². The Morgan fingerprint density at radius 3 is 2.71 bits per heavy atom. The van der Waals surface area contributed by atoms with Crippen LogP contribution in [0.4, 0.5) is 0 Å². The van der Waals surface area contributed by atoms with Gasteiger partial charge in [0.2, 0.25) is 0 Å². The molecule has 0 bridgehead atoms. The summed E-state index contributed by atoms with van der Waals surface area (Å²) >= 11 is 0. The van der Waals surface area contributed by atoms with E-state index in [9.17, 15) is 10.1 Å². The lowest BCUT2D eigenvalue weighted by atomic mass is 10.1. The zero-order valence-corrected chi connectivity index (χ0v) is 10.2. The SMILES string of the molecule is COC(=O)c1cc(C(C)C)nn1C1(C#N)CC1. The number of rotatable bonds is 3. The Balaban J connectivity index is 2.50. The molecule has 5 heteroatoms. The van der Waals surface area contributed by atoms with E-state index < -0.39 is 11.5 Å². The summed E-state index contributed by atoms with van der Waals surface area (Å²) in [5.41, 5.74) is 0.554. The molecular weight excluding hydrogens is 218 g/mol. The molecule has 0 radical (unpaired) electrons. The molecule has 90 valence electrons. The van der Waals surface area contributed by atoms with Crippen LogP contribution in [0, 0.1) is 11.3 Å². The molecule has 0 unspecified atom stereocenters. The van der Waals surface area contributed by atoms with E-state index in [2.05, 4.69) is 11.2 Å². The summed E-state index contributed by atoms with van der Waals surface area (Å²) in [5, 5.41) is 13.6. The van der Waals surface area contributed by atoms with Crippen molar-refractivity contribution < 1.29 is 9.53 Å². The van der Waals surface area contributed by atoms with Gasteiger partial charge < -0.3 is 4.74 Å². The van der Waals surface area contributed by atoms with Crippen molar-refractivity contribution in [2.24, 2.45) is 0 Å². The summed E-state index contributed by atoms with van der Waals surface area (Å²) in [6.07, 6.45) is 1.49. The fourth-order valence-electron chi connectivity index (χ4n) is 1.75. The van der Waals surface area contributed by atoms with E-state index >= 15 is 0 Å². The number of nitrogens with zero attached hydrogens (tertiary/aromatic N) is 3. The second-order valence-corrected chi connectivity index (χ2v) is 4.66. The average molecular weight is 233 g/mol. The Morgan fingerprint density at radius 1 is 1.65 bits per heavy atom. The first-order valence-electron chi connectivity index (χ1n) is 5.64. The van der Waals surface area contributed by atoms with Crippen molar-refractivity contribution in [2.45, 2.75) is 38.1 Å². The predicted molar refractivity (Wildman–Crippen MR) is 60.5 cm³/mol. The lowest BCUT2D eigenvalue weighted by Crippen LogP contribution is -2.22. The zero-order valence-electron chi connectivity index (χ0n) is 10.2. The molecule has 0 N–H and O–H groups in total. The number of hydrogen-bond acceptors (Lipinski definition) is 4. The Hall–Kier alpha value is -1.83. The Morgan fingerprint density at radius 2 is 2.29 bits per heavy atom. The van der Waals surface area contributed by atoms with Gasteiger partial charge in [-0.3, -0.25) is 0 Å². The van der Waals surface area contributed by atoms with Gasteiger partial charge in [-0.1, -0.05) is 13.8 Å². The Labute approximate surface area is 100.0 Å². The molecule has 5 nitrogen and oxygen atoms in total. The van der Waals surface area contributed by atoms with E-state index in [4.69, 9.17) is 4.74 Å². The third kappa shape index (κ3) is 1.80. The van der Waals surface area contributed by atoms with Gasteiger partial charge in [0.05, 0.1) is 18.9 Å². The van der Waals surface area contributed by atoms with Crippen LogP contribution in [-0.4, -0.2) is 22.9 Å². The number of esters is 1. The maximum Gasteiger partial charge on any atom is 0.356 e. The molecule has 1 aromatic heterocycles. The van der Waals surface area contributed by atoms with Gasteiger partial charge in [0.15, 0.2) is 0 Å². The lowest BCUT2D eigenvalue weighted by molar-refractivity contribution is 0.0584. The standard InChI is InChI=1S/C12H15N3O2/c1-8(2)9-6-10(11(16)17-3)15(14-9)12(7-13)4-5-12/h6,8H,4-5H2,1-3H3. The minimum Gasteiger partial charge on any atom is -0.464 e. The topological polar surface area (TPSA) is 67.9 Å². The van der Waals surface area contributed by atoms with Gasteiger partial charge in [0, 0.05) is 0 Å². The number of carbonyl (C=O) groups excluding carboxylic acids is 1. The fraction of sp³-hybridized carbons (Fsp3) is 0.583. The quantitative estimate of drug-likeness (QED) is 0.746. The van der Waals surface area contributed by atoms with Gasteiger partial charge in [0.25, 0.3) is 0 Å². The van der Waals surface area contributed by atoms with Crippen LogP contribution >= 0.6 is 0 Å². The third-order valence-electron chi connectivity index (χ3n) is 3.05. The molecule has 1 aliphatic carbocycles. The average Bonchev–Trinajstić information content (AvgIpc) is 2.99. The molecule has 1 aliphatic rings. The van der Waals surface area contributed by atoms with Crippen molar-refractivity contribution in [1.82, 2.24) is 9.78 Å². The molecule has 0 amide bonds. The maximum absolute atomic E-state index is 11.7. The molecular formula is C12H15N3O2. The highest BCUT2D eigenvalue weighted by Gasteiger charge is 2.48. The summed E-state index contributed by atoms with van der Waals surface area (Å²) < 4.78 is 6.26. The number of nitriles is 1. The van der Waals surface area contributed by atoms with Crippen molar-refractivity contribution in [1.29, 1.82) is 5.26 Å². The van der Waals surface area contributed by atoms with Crippen LogP contribution < -0.4 is 0 Å². The first-order valence-corrected chi connectivity index (χ1v) is 5.64. The van der Waals surface area contributed by atoms with Gasteiger partial charge in [0.1, 0.15) is 11.2 Å². The van der Waals surface area contributed by atoms with Crippen molar-refractivity contribution in [3.8, 4) is 6.07 Å². The number of aromatic nitrogens is 2. The lowest BCUT2D eigenvalue weighted by Gasteiger charge is -2.09. The molecule has 0 saturated heterocycles. The van der Waals surface area contributed by atoms with Crippen LogP contribution in [0.3, 0.4) is 0 Å². The van der Waals surface area contributed by atoms with Gasteiger partial charge >= 0.3 is 5.97 Å². The largest absolute Gasteiger partial charge is 0.464 e. The minimum atomic E-state index is -0.628. The summed E-state index contributed by atoms with van der Waals surface area (Å²) in [6.45, 7) is 4.00. The van der Waals surface area contributed by atoms with Crippen LogP contribution in [0.15, 0.2) is 6.07 Å². The Kier molecular flexibility index (Phi) is 2.66. The molecule has 17 heavy (non-hydrogen) atoms. The highest BCUT2D eigenvalue weighted by atomic mass is 16.5. The second kappa shape index (κ2) is 3.88. The van der Waals surface area contributed by atoms with Crippen LogP contribution in [0.1, 0.15) is 48.8 Å². The molecule has 0 aliphatic heterocycles. The molecule has 1 saturated carbocycles. The first-order chi connectivity index (χ1) is 8.04. The van der Waals surface area contributed by atoms with Crippen LogP contribution in [0.2, 0.25) is 0 Å². The number of carbonyl (C=O) groups is 1. The van der Waals surface area contributed by atoms with Gasteiger partial charge in [-0.05, 0) is 24.8 Å². The molecule has 1 aromatic rings. The number of methoxy groups -OCH3 is 1. The smallest absolute Gasteiger partial charge is 0.356 e. The van der Waals surface area contributed by atoms with Gasteiger partial charge in [-0.2, -0.15) is 10.4 Å². The van der Waals surface area contributed by atoms with Crippen LogP contribution in [-0.2, 0) is 10.3 Å². The zero-order chi connectivity index (χ0) is 12.6. The van der Waals surface area contributed by atoms with Gasteiger partial charge in [-0.25, -0.2) is 9.48 Å². The highest BCUT2D eigenvalue weighted by molar-refractivity contribution is 5.87. The third-order valence-corrected chi connectivity index (χ3v) is 3.05. The van der Waals surface area contributed by atoms with E-state index in [1.165, 1.54) is 11.8 Å². The molecule has 0 atom stereocenters. The normalized spacial score (nSPS) is 16.6. The summed E-state index contributed by atoms with van der Waals surface area (Å²) in [4.78, 5) is 11.7. The highest BCUT2D eigenvalue weighted by Crippen LogP contribution is 2.43. The van der Waals surface area contributed by atoms with Gasteiger partial charge in [-0.15, -0.1) is 0 Å². The number of ether oxygens (including phenoxy) is 1. The van der Waals surface area contributed by atoms with Crippen molar-refractivity contribution in [2.75, 3.05) is 7.11 Å². The second-order valence-electron chi connectivity index (χ2n) is 4.66. The molecule has 1 fully saturated rings. The van der Waals surface area contributed by atoms with E-state index in [0.717, 1.165) is 18.5 Å². The van der Waals surface area contributed by atoms with E-state index in [1.54, 1.807) is 6.07 Å². The van der Waals surface area contributed by atoms with Crippen molar-refractivity contribution in [3.63, 3.8) is 0 Å². The van der Waals surface area contributed by atoms with Crippen LogP contribution in [0.25, 0.3) is 0 Å². The molecule has 1 heterocycles. The monoisotopic (exact) mass is 233 g/mol. The predicted octanol–water partition coefficient (Wildman–Crippen LogP) is 1.81. The first kappa shape index (κ1) is 11.6. The summed E-state index contributed by atoms with van der Waals surface area (Å²) in [5.74, 6) is -0.222. The Bertz CT molecular complexity index is 492.